The maximum Gasteiger partial charge on any atom is 0.463 e. The summed E-state index contributed by atoms with van der Waals surface area (Å²) in [5.74, 6) is 0. The fourth-order valence-electron chi connectivity index (χ4n) is 0.421. The summed E-state index contributed by atoms with van der Waals surface area (Å²) in [7, 11) is -4.57. The van der Waals surface area contributed by atoms with Gasteiger partial charge in [-0.2, -0.15) is 8.42 Å². The Balaban J connectivity index is 2.68. The molecule has 0 aliphatic carbocycles. The second-order valence-electron chi connectivity index (χ2n) is 1.56. The van der Waals surface area contributed by atoms with Gasteiger partial charge in [0.2, 0.25) is 0 Å². The van der Waals surface area contributed by atoms with E-state index in [1.807, 2.05) is 0 Å². The van der Waals surface area contributed by atoms with Crippen molar-refractivity contribution in [3.63, 3.8) is 0 Å². The molecule has 1 atom stereocenters. The monoisotopic (exact) mass is 244 g/mol. The lowest BCUT2D eigenvalue weighted by Crippen LogP contribution is -2.14. The van der Waals surface area contributed by atoms with Crippen molar-refractivity contribution >= 4 is 33.1 Å². The van der Waals surface area contributed by atoms with Crippen LogP contribution in [0.25, 0.3) is 0 Å². The Bertz CT molecular complexity index is 381. The highest BCUT2D eigenvalue weighted by Gasteiger charge is 2.15. The standard InChI is InChI=1S/C3H3NO6S3/c5-12(6)10-13(7,8)9-3-4-1-2-11-3/h1-2H,(H,5,6)/p-1. The molecule has 0 radical (unpaired) electrons. The fraction of sp³-hybridized carbons (Fsp3) is 0. The molecule has 0 spiro atoms. The third-order valence-electron chi connectivity index (χ3n) is 0.722. The first-order chi connectivity index (χ1) is 5.99. The third kappa shape index (κ3) is 3.78. The van der Waals surface area contributed by atoms with E-state index < -0.39 is 21.8 Å². The number of aromatic nitrogens is 1. The topological polar surface area (TPSA) is 106 Å². The molecule has 0 bridgehead atoms. The van der Waals surface area contributed by atoms with Crippen molar-refractivity contribution in [3.05, 3.63) is 11.6 Å². The summed E-state index contributed by atoms with van der Waals surface area (Å²) >= 11 is -2.30. The predicted molar refractivity (Wildman–Crippen MR) is 41.7 cm³/mol. The van der Waals surface area contributed by atoms with Crippen LogP contribution in [0.1, 0.15) is 0 Å². The minimum atomic E-state index is -4.57. The molecule has 0 aliphatic heterocycles. The average molecular weight is 244 g/mol. The lowest BCUT2D eigenvalue weighted by Gasteiger charge is -2.04. The van der Waals surface area contributed by atoms with Gasteiger partial charge in [0.15, 0.2) is 0 Å². The van der Waals surface area contributed by atoms with Gasteiger partial charge < -0.3 is 8.74 Å². The second kappa shape index (κ2) is 4.11. The lowest BCUT2D eigenvalue weighted by atomic mass is 11.0. The Hall–Kier alpha value is -0.550. The predicted octanol–water partition coefficient (Wildman–Crippen LogP) is -0.423. The zero-order valence-corrected chi connectivity index (χ0v) is 8.23. The highest BCUT2D eigenvalue weighted by molar-refractivity contribution is 7.92. The molecule has 10 heteroatoms. The first kappa shape index (κ1) is 10.5. The Morgan fingerprint density at radius 1 is 1.62 bits per heavy atom. The van der Waals surface area contributed by atoms with Gasteiger partial charge in [-0.05, 0) is 0 Å². The summed E-state index contributed by atoms with van der Waals surface area (Å²) in [5.41, 5.74) is 0. The summed E-state index contributed by atoms with van der Waals surface area (Å²) < 4.78 is 48.5. The van der Waals surface area contributed by atoms with E-state index in [0.717, 1.165) is 11.3 Å². The molecule has 0 saturated carbocycles. The maximum atomic E-state index is 10.6. The molecular formula is C3H2NO6S3-. The van der Waals surface area contributed by atoms with Crippen molar-refractivity contribution in [1.82, 2.24) is 4.98 Å². The number of hydrogen-bond donors (Lipinski definition) is 0. The molecule has 0 N–H and O–H groups in total. The average Bonchev–Trinajstić information content (AvgIpc) is 2.34. The Morgan fingerprint density at radius 2 is 2.31 bits per heavy atom. The summed E-state index contributed by atoms with van der Waals surface area (Å²) in [4.78, 5) is 3.44. The van der Waals surface area contributed by atoms with Crippen LogP contribution >= 0.6 is 11.3 Å². The Morgan fingerprint density at radius 3 is 2.77 bits per heavy atom. The first-order valence-electron chi connectivity index (χ1n) is 2.63. The maximum absolute atomic E-state index is 10.6. The largest absolute Gasteiger partial charge is 0.749 e. The number of rotatable bonds is 4. The van der Waals surface area contributed by atoms with E-state index in [9.17, 15) is 17.2 Å². The van der Waals surface area contributed by atoms with E-state index >= 15 is 0 Å². The zero-order chi connectivity index (χ0) is 9.90. The number of thiazole rings is 1. The molecule has 7 nitrogen and oxygen atoms in total. The molecule has 0 saturated heterocycles. The van der Waals surface area contributed by atoms with Gasteiger partial charge in [-0.15, -0.1) is 3.63 Å². The van der Waals surface area contributed by atoms with Crippen molar-refractivity contribution in [2.24, 2.45) is 0 Å². The summed E-state index contributed by atoms with van der Waals surface area (Å²) in [6.07, 6.45) is 1.30. The molecular weight excluding hydrogens is 242 g/mol. The van der Waals surface area contributed by atoms with Crippen LogP contribution in [0.15, 0.2) is 11.6 Å². The van der Waals surface area contributed by atoms with Gasteiger partial charge in [0.05, 0.1) is 0 Å². The molecule has 1 heterocycles. The molecule has 1 unspecified atom stereocenters. The molecule has 13 heavy (non-hydrogen) atoms. The molecule has 0 aliphatic rings. The lowest BCUT2D eigenvalue weighted by molar-refractivity contribution is 0.374. The van der Waals surface area contributed by atoms with E-state index in [-0.39, 0.29) is 5.19 Å². The first-order valence-corrected chi connectivity index (χ1v) is 5.84. The van der Waals surface area contributed by atoms with E-state index in [1.165, 1.54) is 11.6 Å². The van der Waals surface area contributed by atoms with Crippen molar-refractivity contribution in [2.45, 2.75) is 0 Å². The second-order valence-corrected chi connectivity index (χ2v) is 4.35. The number of hydrogen-bond acceptors (Lipinski definition) is 8. The van der Waals surface area contributed by atoms with E-state index in [1.54, 1.807) is 0 Å². The van der Waals surface area contributed by atoms with Crippen LogP contribution in [0.2, 0.25) is 0 Å². The summed E-state index contributed by atoms with van der Waals surface area (Å²) in [6, 6.07) is 0. The van der Waals surface area contributed by atoms with E-state index in [2.05, 4.69) is 12.8 Å². The molecule has 74 valence electrons. The Labute approximate surface area is 80.1 Å². The molecule has 0 fully saturated rings. The minimum Gasteiger partial charge on any atom is -0.749 e. The van der Waals surface area contributed by atoms with Crippen molar-refractivity contribution in [2.75, 3.05) is 0 Å². The van der Waals surface area contributed by atoms with Gasteiger partial charge in [0.25, 0.3) is 5.19 Å². The van der Waals surface area contributed by atoms with Crippen LogP contribution in [0, 0.1) is 0 Å². The summed E-state index contributed by atoms with van der Waals surface area (Å²) in [5, 5.41) is 1.24. The quantitative estimate of drug-likeness (QED) is 0.662. The summed E-state index contributed by atoms with van der Waals surface area (Å²) in [6.45, 7) is 0. The fourth-order valence-corrected chi connectivity index (χ4v) is 2.06. The molecule has 1 aromatic heterocycles. The smallest absolute Gasteiger partial charge is 0.463 e. The highest BCUT2D eigenvalue weighted by Crippen LogP contribution is 2.16. The van der Waals surface area contributed by atoms with Crippen LogP contribution in [-0.4, -0.2) is 22.2 Å². The van der Waals surface area contributed by atoms with Crippen LogP contribution in [-0.2, 0) is 25.4 Å². The number of nitrogens with zero attached hydrogens (tertiary/aromatic N) is 1. The molecule has 1 aromatic rings. The van der Waals surface area contributed by atoms with Crippen LogP contribution in [0.5, 0.6) is 5.19 Å². The molecule has 1 rings (SSSR count). The minimum absolute atomic E-state index is 0.217. The van der Waals surface area contributed by atoms with Gasteiger partial charge in [0, 0.05) is 11.6 Å². The SMILES string of the molecule is O=S([O-])OS(=O)(=O)Oc1nccs1. The van der Waals surface area contributed by atoms with Crippen molar-refractivity contribution in [3.8, 4) is 5.19 Å². The van der Waals surface area contributed by atoms with E-state index in [4.69, 9.17) is 0 Å². The van der Waals surface area contributed by atoms with Crippen molar-refractivity contribution < 1.29 is 25.0 Å². The van der Waals surface area contributed by atoms with E-state index in [0.29, 0.717) is 0 Å². The van der Waals surface area contributed by atoms with Crippen molar-refractivity contribution in [1.29, 1.82) is 0 Å². The van der Waals surface area contributed by atoms with Crippen LogP contribution in [0.3, 0.4) is 0 Å². The van der Waals surface area contributed by atoms with Gasteiger partial charge in [0.1, 0.15) is 11.4 Å². The van der Waals surface area contributed by atoms with Gasteiger partial charge in [-0.1, -0.05) is 11.3 Å². The van der Waals surface area contributed by atoms with Crippen LogP contribution < -0.4 is 4.18 Å². The zero-order valence-electron chi connectivity index (χ0n) is 5.78. The normalized spacial score (nSPS) is 13.9. The molecule has 0 amide bonds. The highest BCUT2D eigenvalue weighted by atomic mass is 32.3. The van der Waals surface area contributed by atoms with Crippen LogP contribution in [0.4, 0.5) is 0 Å². The molecule has 0 aromatic carbocycles. The van der Waals surface area contributed by atoms with Gasteiger partial charge >= 0.3 is 10.4 Å². The third-order valence-corrected chi connectivity index (χ3v) is 2.95. The Kier molecular flexibility index (Phi) is 3.33. The van der Waals surface area contributed by atoms with Gasteiger partial charge in [-0.3, -0.25) is 0 Å². The van der Waals surface area contributed by atoms with Gasteiger partial charge in [-0.25, -0.2) is 9.19 Å².